The summed E-state index contributed by atoms with van der Waals surface area (Å²) in [5.41, 5.74) is -1.48. The number of aromatic hydroxyl groups is 1. The summed E-state index contributed by atoms with van der Waals surface area (Å²) in [6.07, 6.45) is 0. The first kappa shape index (κ1) is 15.8. The van der Waals surface area contributed by atoms with Crippen molar-refractivity contribution in [1.82, 2.24) is 9.97 Å². The lowest BCUT2D eigenvalue weighted by Gasteiger charge is -2.04. The number of H-pyrrole nitrogens is 2. The molecule has 0 atom stereocenters. The minimum atomic E-state index is -0.873. The molecule has 2 aromatic rings. The zero-order valence-corrected chi connectivity index (χ0v) is 12.5. The first-order valence-electron chi connectivity index (χ1n) is 6.85. The number of aromatic nitrogens is 2. The molecule has 3 N–H and O–H groups in total. The molecule has 0 radical (unpaired) electrons. The topological polar surface area (TPSA) is 132 Å². The largest absolute Gasteiger partial charge is 0.494 e. The molecule has 1 aromatic carbocycles. The van der Waals surface area contributed by atoms with E-state index in [0.29, 0.717) is 11.1 Å². The third-order valence-corrected chi connectivity index (χ3v) is 3.50. The van der Waals surface area contributed by atoms with E-state index in [9.17, 15) is 19.5 Å². The lowest BCUT2D eigenvalue weighted by Crippen LogP contribution is -2.27. The Morgan fingerprint density at radius 2 is 1.92 bits per heavy atom. The molecule has 0 unspecified atom stereocenters. The smallest absolute Gasteiger partial charge is 0.328 e. The molecular weight excluding hydrogens is 326 g/mol. The Morgan fingerprint density at radius 3 is 2.52 bits per heavy atom. The molecule has 2 heterocycles. The third-order valence-electron chi connectivity index (χ3n) is 3.50. The number of hydrogen-bond acceptors (Lipinski definition) is 5. The van der Waals surface area contributed by atoms with Gasteiger partial charge in [-0.1, -0.05) is 24.3 Å². The van der Waals surface area contributed by atoms with Crippen LogP contribution in [0.5, 0.6) is 5.88 Å². The number of benzene rings is 1. The number of amides is 1. The summed E-state index contributed by atoms with van der Waals surface area (Å²) in [6, 6.07) is 6.55. The fraction of sp³-hybridized carbons (Fsp3) is 0. The number of nitrogens with zero attached hydrogens (tertiary/aromatic N) is 3. The third kappa shape index (κ3) is 2.47. The SMILES string of the molecule is [C-]#[N+]/C(C(=O)N=C)=C1/N=C(c2c(O)[nH]c(=O)[nH]c2=O)c2ccccc21. The maximum atomic E-state index is 12.1. The van der Waals surface area contributed by atoms with Gasteiger partial charge in [0.05, 0.1) is 18.0 Å². The maximum absolute atomic E-state index is 12.1. The molecule has 1 amide bonds. The van der Waals surface area contributed by atoms with Crippen LogP contribution >= 0.6 is 0 Å². The fourth-order valence-electron chi connectivity index (χ4n) is 2.47. The van der Waals surface area contributed by atoms with Gasteiger partial charge in [-0.25, -0.2) is 14.6 Å². The van der Waals surface area contributed by atoms with Crippen LogP contribution in [0.4, 0.5) is 0 Å². The van der Waals surface area contributed by atoms with E-state index in [4.69, 9.17) is 6.57 Å². The van der Waals surface area contributed by atoms with E-state index in [1.807, 2.05) is 4.98 Å². The highest BCUT2D eigenvalue weighted by Crippen LogP contribution is 2.34. The number of aliphatic imine (C=N–C) groups is 2. The van der Waals surface area contributed by atoms with Gasteiger partial charge in [-0.2, -0.15) is 0 Å². The zero-order chi connectivity index (χ0) is 18.1. The van der Waals surface area contributed by atoms with Crippen molar-refractivity contribution in [2.45, 2.75) is 0 Å². The second-order valence-electron chi connectivity index (χ2n) is 4.91. The number of carbonyl (C=O) groups is 1. The summed E-state index contributed by atoms with van der Waals surface area (Å²) in [5.74, 6) is -1.52. The summed E-state index contributed by atoms with van der Waals surface area (Å²) in [7, 11) is 0. The molecular formula is C16H9N5O4. The lowest BCUT2D eigenvalue weighted by molar-refractivity contribution is -0.113. The van der Waals surface area contributed by atoms with E-state index in [1.54, 1.807) is 24.3 Å². The molecule has 9 nitrogen and oxygen atoms in total. The Hall–Kier alpha value is -4.06. The summed E-state index contributed by atoms with van der Waals surface area (Å²) in [5, 5.41) is 9.97. The standard InChI is InChI=1S/C16H9N5O4/c1-17-12(15(24)18-2)11-8-6-4-3-5-7(8)10(19-11)9-13(22)20-16(25)21-14(9)23/h3-6H,2H2,(H3,20,21,22,23,25)/b12-11+. The van der Waals surface area contributed by atoms with Crippen molar-refractivity contribution in [2.75, 3.05) is 0 Å². The van der Waals surface area contributed by atoms with Gasteiger partial charge in [0.1, 0.15) is 5.56 Å². The second kappa shape index (κ2) is 5.86. The van der Waals surface area contributed by atoms with Gasteiger partial charge >= 0.3 is 5.69 Å². The predicted octanol–water partition coefficient (Wildman–Crippen LogP) is 0.435. The van der Waals surface area contributed by atoms with Crippen molar-refractivity contribution in [3.8, 4) is 5.88 Å². The van der Waals surface area contributed by atoms with Gasteiger partial charge in [0, 0.05) is 5.56 Å². The highest BCUT2D eigenvalue weighted by atomic mass is 16.3. The second-order valence-corrected chi connectivity index (χ2v) is 4.91. The van der Waals surface area contributed by atoms with E-state index in [0.717, 1.165) is 0 Å². The minimum absolute atomic E-state index is 0.0167. The number of fused-ring (bicyclic) bond motifs is 1. The molecule has 3 rings (SSSR count). The number of aromatic amines is 2. The molecule has 0 spiro atoms. The molecule has 1 aliphatic rings. The van der Waals surface area contributed by atoms with E-state index in [-0.39, 0.29) is 22.7 Å². The molecule has 0 bridgehead atoms. The molecule has 9 heteroatoms. The van der Waals surface area contributed by atoms with Crippen LogP contribution in [0.15, 0.2) is 49.5 Å². The zero-order valence-electron chi connectivity index (χ0n) is 12.5. The molecule has 0 fully saturated rings. The maximum Gasteiger partial charge on any atom is 0.328 e. The Kier molecular flexibility index (Phi) is 3.71. The Balaban J connectivity index is 2.39. The monoisotopic (exact) mass is 335 g/mol. The van der Waals surface area contributed by atoms with Crippen LogP contribution in [0.3, 0.4) is 0 Å². The molecule has 122 valence electrons. The number of nitrogens with one attached hydrogen (secondary N) is 2. The fourth-order valence-corrected chi connectivity index (χ4v) is 2.47. The van der Waals surface area contributed by atoms with Gasteiger partial charge in [-0.05, 0) is 12.3 Å². The molecule has 25 heavy (non-hydrogen) atoms. The molecule has 0 saturated carbocycles. The van der Waals surface area contributed by atoms with E-state index in [2.05, 4.69) is 26.5 Å². The van der Waals surface area contributed by atoms with Crippen LogP contribution in [0.25, 0.3) is 10.5 Å². The molecule has 0 aliphatic carbocycles. The van der Waals surface area contributed by atoms with Gasteiger partial charge in [0.15, 0.2) is 0 Å². The Morgan fingerprint density at radius 1 is 1.24 bits per heavy atom. The summed E-state index contributed by atoms with van der Waals surface area (Å²) in [4.78, 5) is 49.8. The van der Waals surface area contributed by atoms with Crippen molar-refractivity contribution in [3.05, 3.63) is 78.9 Å². The Labute approximate surface area is 139 Å². The number of rotatable bonds is 2. The Bertz CT molecular complexity index is 1140. The number of hydrogen-bond donors (Lipinski definition) is 3. The van der Waals surface area contributed by atoms with Crippen LogP contribution in [0, 0.1) is 6.57 Å². The van der Waals surface area contributed by atoms with Crippen LogP contribution in [0.2, 0.25) is 0 Å². The first-order valence-corrected chi connectivity index (χ1v) is 6.85. The van der Waals surface area contributed by atoms with Crippen LogP contribution < -0.4 is 11.2 Å². The quantitative estimate of drug-likeness (QED) is 0.417. The average Bonchev–Trinajstić information content (AvgIpc) is 2.94. The van der Waals surface area contributed by atoms with Crippen LogP contribution in [0.1, 0.15) is 16.7 Å². The van der Waals surface area contributed by atoms with Crippen molar-refractivity contribution >= 4 is 24.0 Å². The van der Waals surface area contributed by atoms with Crippen LogP contribution in [-0.2, 0) is 4.79 Å². The van der Waals surface area contributed by atoms with Gasteiger partial charge in [-0.15, -0.1) is 0 Å². The van der Waals surface area contributed by atoms with Crippen molar-refractivity contribution < 1.29 is 9.90 Å². The van der Waals surface area contributed by atoms with E-state index >= 15 is 0 Å². The van der Waals surface area contributed by atoms with Crippen LogP contribution in [-0.4, -0.2) is 33.4 Å². The van der Waals surface area contributed by atoms with Crippen molar-refractivity contribution in [3.63, 3.8) is 0 Å². The molecule has 1 aromatic heterocycles. The van der Waals surface area contributed by atoms with Gasteiger partial charge in [0.25, 0.3) is 17.2 Å². The highest BCUT2D eigenvalue weighted by molar-refractivity contribution is 6.23. The summed E-state index contributed by atoms with van der Waals surface area (Å²) in [6.45, 7) is 10.3. The van der Waals surface area contributed by atoms with E-state index in [1.165, 1.54) is 0 Å². The summed E-state index contributed by atoms with van der Waals surface area (Å²) >= 11 is 0. The minimum Gasteiger partial charge on any atom is -0.494 e. The average molecular weight is 335 g/mol. The highest BCUT2D eigenvalue weighted by Gasteiger charge is 2.29. The normalized spacial score (nSPS) is 14.3. The van der Waals surface area contributed by atoms with Crippen molar-refractivity contribution in [2.24, 2.45) is 9.98 Å². The van der Waals surface area contributed by atoms with Gasteiger partial charge < -0.3 is 5.11 Å². The first-order chi connectivity index (χ1) is 12.0. The predicted molar refractivity (Wildman–Crippen MR) is 89.5 cm³/mol. The number of carbonyl (C=O) groups excluding carboxylic acids is 1. The van der Waals surface area contributed by atoms with E-state index < -0.39 is 23.0 Å². The summed E-state index contributed by atoms with van der Waals surface area (Å²) < 4.78 is 0. The lowest BCUT2D eigenvalue weighted by atomic mass is 10.00. The molecule has 0 saturated heterocycles. The molecule has 1 aliphatic heterocycles. The van der Waals surface area contributed by atoms with Crippen molar-refractivity contribution in [1.29, 1.82) is 0 Å². The van der Waals surface area contributed by atoms with Gasteiger partial charge in [-0.3, -0.25) is 24.5 Å². The van der Waals surface area contributed by atoms with Gasteiger partial charge in [0.2, 0.25) is 5.88 Å².